The van der Waals surface area contributed by atoms with Crippen molar-refractivity contribution in [2.75, 3.05) is 38.7 Å². The molecule has 7 heteroatoms. The summed E-state index contributed by atoms with van der Waals surface area (Å²) in [4.78, 5) is 2.27. The SMILES string of the molecule is CSN1CCN(Cc2cc(F)cc(S(C)(=O)=O)c2)CC1. The van der Waals surface area contributed by atoms with Gasteiger partial charge in [-0.2, -0.15) is 0 Å². The van der Waals surface area contributed by atoms with Crippen molar-refractivity contribution < 1.29 is 12.8 Å². The van der Waals surface area contributed by atoms with Gasteiger partial charge < -0.3 is 0 Å². The van der Waals surface area contributed by atoms with Gasteiger partial charge >= 0.3 is 0 Å². The fourth-order valence-electron chi connectivity index (χ4n) is 2.25. The highest BCUT2D eigenvalue weighted by Gasteiger charge is 2.17. The van der Waals surface area contributed by atoms with Gasteiger partial charge in [-0.05, 0) is 30.0 Å². The largest absolute Gasteiger partial charge is 0.296 e. The molecule has 1 saturated heterocycles. The summed E-state index contributed by atoms with van der Waals surface area (Å²) >= 11 is 1.73. The van der Waals surface area contributed by atoms with E-state index in [1.807, 2.05) is 0 Å². The second-order valence-corrected chi connectivity index (χ2v) is 7.85. The van der Waals surface area contributed by atoms with Crippen molar-refractivity contribution in [3.05, 3.63) is 29.6 Å². The van der Waals surface area contributed by atoms with Crippen LogP contribution in [0.1, 0.15) is 5.56 Å². The highest BCUT2D eigenvalue weighted by atomic mass is 32.2. The zero-order chi connectivity index (χ0) is 14.8. The number of nitrogens with zero attached hydrogens (tertiary/aromatic N) is 2. The molecular formula is C13H19FN2O2S2. The smallest absolute Gasteiger partial charge is 0.175 e. The summed E-state index contributed by atoms with van der Waals surface area (Å²) in [5.74, 6) is -0.495. The fraction of sp³-hybridized carbons (Fsp3) is 0.538. The highest BCUT2D eigenvalue weighted by molar-refractivity contribution is 7.96. The van der Waals surface area contributed by atoms with E-state index in [0.717, 1.165) is 38.5 Å². The number of rotatable bonds is 4. The number of halogens is 1. The third-order valence-corrected chi connectivity index (χ3v) is 5.33. The molecule has 1 aromatic rings. The van der Waals surface area contributed by atoms with E-state index < -0.39 is 15.7 Å². The van der Waals surface area contributed by atoms with Crippen LogP contribution < -0.4 is 0 Å². The van der Waals surface area contributed by atoms with Gasteiger partial charge in [0.15, 0.2) is 9.84 Å². The molecule has 0 saturated carbocycles. The van der Waals surface area contributed by atoms with Gasteiger partial charge in [0.2, 0.25) is 0 Å². The molecule has 0 radical (unpaired) electrons. The van der Waals surface area contributed by atoms with E-state index in [0.29, 0.717) is 12.1 Å². The van der Waals surface area contributed by atoms with Crippen LogP contribution in [0.2, 0.25) is 0 Å². The Balaban J connectivity index is 2.09. The second-order valence-electron chi connectivity index (χ2n) is 4.96. The number of piperazine rings is 1. The molecule has 1 heterocycles. The maximum atomic E-state index is 13.5. The Kier molecular flexibility index (Phi) is 5.06. The molecule has 0 atom stereocenters. The molecule has 0 aliphatic carbocycles. The van der Waals surface area contributed by atoms with Crippen LogP contribution in [0.5, 0.6) is 0 Å². The Labute approximate surface area is 124 Å². The molecule has 112 valence electrons. The molecule has 0 amide bonds. The Morgan fingerprint density at radius 3 is 2.40 bits per heavy atom. The van der Waals surface area contributed by atoms with Crippen LogP contribution in [0.15, 0.2) is 23.1 Å². The van der Waals surface area contributed by atoms with Crippen LogP contribution in [0.25, 0.3) is 0 Å². The molecular weight excluding hydrogens is 299 g/mol. The Morgan fingerprint density at radius 2 is 1.85 bits per heavy atom. The average Bonchev–Trinajstić information content (AvgIpc) is 2.38. The van der Waals surface area contributed by atoms with Crippen LogP contribution in [-0.2, 0) is 16.4 Å². The minimum atomic E-state index is -3.37. The molecule has 0 spiro atoms. The first kappa shape index (κ1) is 15.8. The molecule has 0 bridgehead atoms. The maximum Gasteiger partial charge on any atom is 0.175 e. The Bertz CT molecular complexity index is 570. The van der Waals surface area contributed by atoms with E-state index in [4.69, 9.17) is 0 Å². The minimum Gasteiger partial charge on any atom is -0.296 e. The van der Waals surface area contributed by atoms with Gasteiger partial charge in [-0.15, -0.1) is 0 Å². The van der Waals surface area contributed by atoms with E-state index in [9.17, 15) is 12.8 Å². The molecule has 0 unspecified atom stereocenters. The third kappa shape index (κ3) is 4.18. The Hall–Kier alpha value is -0.630. The van der Waals surface area contributed by atoms with E-state index >= 15 is 0 Å². The lowest BCUT2D eigenvalue weighted by Crippen LogP contribution is -2.42. The van der Waals surface area contributed by atoms with Crippen molar-refractivity contribution >= 4 is 21.8 Å². The van der Waals surface area contributed by atoms with Crippen molar-refractivity contribution in [3.8, 4) is 0 Å². The lowest BCUT2D eigenvalue weighted by atomic mass is 10.2. The van der Waals surface area contributed by atoms with E-state index in [-0.39, 0.29) is 4.90 Å². The van der Waals surface area contributed by atoms with Crippen molar-refractivity contribution in [1.29, 1.82) is 0 Å². The lowest BCUT2D eigenvalue weighted by molar-refractivity contribution is 0.189. The lowest BCUT2D eigenvalue weighted by Gasteiger charge is -2.33. The van der Waals surface area contributed by atoms with E-state index in [1.54, 1.807) is 18.0 Å². The molecule has 4 nitrogen and oxygen atoms in total. The van der Waals surface area contributed by atoms with Gasteiger partial charge in [0.25, 0.3) is 0 Å². The molecule has 0 N–H and O–H groups in total. The standard InChI is InChI=1S/C13H19FN2O2S2/c1-19-16-5-3-15(4-6-16)10-11-7-12(14)9-13(8-11)20(2,17)18/h7-9H,3-6,10H2,1-2H3. The van der Waals surface area contributed by atoms with Gasteiger partial charge in [0.1, 0.15) is 5.82 Å². The second kappa shape index (κ2) is 6.43. The van der Waals surface area contributed by atoms with Crippen LogP contribution in [0.4, 0.5) is 4.39 Å². The summed E-state index contributed by atoms with van der Waals surface area (Å²) in [5.41, 5.74) is 0.711. The van der Waals surface area contributed by atoms with Crippen LogP contribution in [-0.4, -0.2) is 56.3 Å². The minimum absolute atomic E-state index is 0.0512. The molecule has 0 aromatic heterocycles. The van der Waals surface area contributed by atoms with Gasteiger partial charge in [-0.1, -0.05) is 11.9 Å². The summed E-state index contributed by atoms with van der Waals surface area (Å²) in [5, 5.41) is 0. The summed E-state index contributed by atoms with van der Waals surface area (Å²) in [6, 6.07) is 4.06. The van der Waals surface area contributed by atoms with Crippen LogP contribution in [0.3, 0.4) is 0 Å². The molecule has 2 rings (SSSR count). The first-order valence-corrected chi connectivity index (χ1v) is 9.47. The van der Waals surface area contributed by atoms with Gasteiger partial charge in [-0.25, -0.2) is 17.1 Å². The predicted molar refractivity (Wildman–Crippen MR) is 79.9 cm³/mol. The molecule has 1 aliphatic rings. The maximum absolute atomic E-state index is 13.5. The zero-order valence-electron chi connectivity index (χ0n) is 11.7. The monoisotopic (exact) mass is 318 g/mol. The van der Waals surface area contributed by atoms with Crippen molar-refractivity contribution in [3.63, 3.8) is 0 Å². The van der Waals surface area contributed by atoms with Gasteiger partial charge in [0, 0.05) is 39.0 Å². The third-order valence-electron chi connectivity index (χ3n) is 3.35. The molecule has 1 fully saturated rings. The first-order valence-electron chi connectivity index (χ1n) is 6.39. The Morgan fingerprint density at radius 1 is 1.20 bits per heavy atom. The number of hydrogen-bond acceptors (Lipinski definition) is 5. The predicted octanol–water partition coefficient (Wildman–Crippen LogP) is 1.62. The van der Waals surface area contributed by atoms with E-state index in [1.165, 1.54) is 6.07 Å². The summed E-state index contributed by atoms with van der Waals surface area (Å²) in [7, 11) is -3.37. The fourth-order valence-corrected chi connectivity index (χ4v) is 3.48. The number of hydrogen-bond donors (Lipinski definition) is 0. The normalized spacial score (nSPS) is 18.4. The molecule has 1 aliphatic heterocycles. The van der Waals surface area contributed by atoms with Crippen molar-refractivity contribution in [2.24, 2.45) is 0 Å². The summed E-state index contributed by atoms with van der Waals surface area (Å²) in [6.07, 6.45) is 3.16. The van der Waals surface area contributed by atoms with E-state index in [2.05, 4.69) is 15.5 Å². The topological polar surface area (TPSA) is 40.6 Å². The summed E-state index contributed by atoms with van der Waals surface area (Å²) in [6.45, 7) is 4.34. The van der Waals surface area contributed by atoms with Crippen LogP contribution in [0, 0.1) is 5.82 Å². The molecule has 1 aromatic carbocycles. The zero-order valence-corrected chi connectivity index (χ0v) is 13.3. The van der Waals surface area contributed by atoms with Crippen molar-refractivity contribution in [2.45, 2.75) is 11.4 Å². The number of benzene rings is 1. The quantitative estimate of drug-likeness (QED) is 0.789. The average molecular weight is 318 g/mol. The first-order chi connectivity index (χ1) is 9.38. The van der Waals surface area contributed by atoms with Crippen molar-refractivity contribution in [1.82, 2.24) is 9.21 Å². The highest BCUT2D eigenvalue weighted by Crippen LogP contribution is 2.17. The molecule has 20 heavy (non-hydrogen) atoms. The van der Waals surface area contributed by atoms with Gasteiger partial charge in [0.05, 0.1) is 4.90 Å². The van der Waals surface area contributed by atoms with Gasteiger partial charge in [-0.3, -0.25) is 4.90 Å². The van der Waals surface area contributed by atoms with Crippen LogP contribution >= 0.6 is 11.9 Å². The number of sulfone groups is 1. The summed E-state index contributed by atoms with van der Waals surface area (Å²) < 4.78 is 38.9.